The summed E-state index contributed by atoms with van der Waals surface area (Å²) in [5.74, 6) is 0.751. The molecule has 1 atom stereocenters. The van der Waals surface area contributed by atoms with Crippen LogP contribution in [0.5, 0.6) is 0 Å². The topological polar surface area (TPSA) is 78.1 Å². The lowest BCUT2D eigenvalue weighted by molar-refractivity contribution is -0.122. The van der Waals surface area contributed by atoms with E-state index in [0.29, 0.717) is 36.2 Å². The van der Waals surface area contributed by atoms with Crippen molar-refractivity contribution in [1.82, 2.24) is 20.2 Å². The van der Waals surface area contributed by atoms with Crippen LogP contribution in [-0.4, -0.2) is 39.9 Å². The highest BCUT2D eigenvalue weighted by atomic mass is 16.1. The molecule has 0 unspecified atom stereocenters. The first kappa shape index (κ1) is 15.7. The molecular weight excluding hydrogens is 292 g/mol. The number of carbonyl (C=O) groups is 1. The number of nitrogens with zero attached hydrogens (tertiary/aromatic N) is 2. The maximum Gasteiger partial charge on any atom is 0.258 e. The average Bonchev–Trinajstić information content (AvgIpc) is 2.94. The van der Waals surface area contributed by atoms with E-state index >= 15 is 0 Å². The van der Waals surface area contributed by atoms with Gasteiger partial charge in [-0.2, -0.15) is 0 Å². The minimum absolute atomic E-state index is 0.0874. The fraction of sp³-hybridized carbons (Fsp3) is 0.471. The largest absolute Gasteiger partial charge is 0.356 e. The molecule has 2 heterocycles. The number of aromatic amines is 1. The Morgan fingerprint density at radius 3 is 3.09 bits per heavy atom. The normalized spacial score (nSPS) is 18.4. The molecule has 6 heteroatoms. The van der Waals surface area contributed by atoms with Crippen molar-refractivity contribution in [2.75, 3.05) is 13.1 Å². The molecule has 1 aliphatic heterocycles. The first-order valence-corrected chi connectivity index (χ1v) is 8.16. The van der Waals surface area contributed by atoms with E-state index in [4.69, 9.17) is 0 Å². The molecule has 0 saturated carbocycles. The quantitative estimate of drug-likeness (QED) is 0.875. The number of para-hydroxylation sites is 1. The van der Waals surface area contributed by atoms with Crippen molar-refractivity contribution in [2.24, 2.45) is 0 Å². The fourth-order valence-corrected chi connectivity index (χ4v) is 3.22. The lowest BCUT2D eigenvalue weighted by Gasteiger charge is -2.23. The van der Waals surface area contributed by atoms with Gasteiger partial charge in [0.1, 0.15) is 5.82 Å². The summed E-state index contributed by atoms with van der Waals surface area (Å²) in [7, 11) is 0. The Morgan fingerprint density at radius 1 is 1.43 bits per heavy atom. The summed E-state index contributed by atoms with van der Waals surface area (Å²) in [5.41, 5.74) is 0.607. The van der Waals surface area contributed by atoms with Crippen LogP contribution >= 0.6 is 0 Å². The van der Waals surface area contributed by atoms with Crippen LogP contribution in [-0.2, 0) is 11.3 Å². The molecule has 0 radical (unpaired) electrons. The van der Waals surface area contributed by atoms with E-state index in [9.17, 15) is 9.59 Å². The summed E-state index contributed by atoms with van der Waals surface area (Å²) in [6.07, 6.45) is 2.59. The molecule has 1 saturated heterocycles. The zero-order valence-electron chi connectivity index (χ0n) is 13.3. The minimum Gasteiger partial charge on any atom is -0.356 e. The molecule has 1 amide bonds. The summed E-state index contributed by atoms with van der Waals surface area (Å²) in [4.78, 5) is 33.6. The zero-order chi connectivity index (χ0) is 16.2. The summed E-state index contributed by atoms with van der Waals surface area (Å²) in [6, 6.07) is 7.56. The van der Waals surface area contributed by atoms with Crippen molar-refractivity contribution < 1.29 is 4.79 Å². The predicted molar refractivity (Wildman–Crippen MR) is 89.1 cm³/mol. The molecule has 122 valence electrons. The number of amides is 1. The van der Waals surface area contributed by atoms with E-state index in [1.807, 2.05) is 25.1 Å². The number of hydrogen-bond acceptors (Lipinski definition) is 4. The molecule has 0 bridgehead atoms. The Balaban J connectivity index is 1.75. The van der Waals surface area contributed by atoms with Crippen LogP contribution in [0.3, 0.4) is 0 Å². The fourth-order valence-electron chi connectivity index (χ4n) is 3.22. The van der Waals surface area contributed by atoms with Crippen LogP contribution in [0.25, 0.3) is 10.9 Å². The van der Waals surface area contributed by atoms with Crippen LogP contribution in [0, 0.1) is 0 Å². The van der Waals surface area contributed by atoms with E-state index in [2.05, 4.69) is 20.2 Å². The molecule has 23 heavy (non-hydrogen) atoms. The number of hydrogen-bond donors (Lipinski definition) is 2. The highest BCUT2D eigenvalue weighted by molar-refractivity contribution is 5.77. The Labute approximate surface area is 134 Å². The standard InChI is InChI=1S/C17H22N4O2/c1-2-18-16(22)10-12-6-5-9-21(12)11-15-19-14-8-4-3-7-13(14)17(23)20-15/h3-4,7-8,12H,2,5-6,9-11H2,1H3,(H,18,22)(H,19,20,23)/t12-/m1/s1. The number of carbonyl (C=O) groups excluding carboxylic acids is 1. The van der Waals surface area contributed by atoms with Crippen molar-refractivity contribution in [3.05, 3.63) is 40.4 Å². The summed E-state index contributed by atoms with van der Waals surface area (Å²) in [5, 5.41) is 3.46. The molecule has 1 aromatic carbocycles. The van der Waals surface area contributed by atoms with Crippen molar-refractivity contribution in [1.29, 1.82) is 0 Å². The number of rotatable bonds is 5. The number of likely N-dealkylation sites (tertiary alicyclic amines) is 1. The van der Waals surface area contributed by atoms with Gasteiger partial charge in [-0.1, -0.05) is 12.1 Å². The predicted octanol–water partition coefficient (Wildman–Crippen LogP) is 1.41. The number of aromatic nitrogens is 2. The third-order valence-electron chi connectivity index (χ3n) is 4.31. The lowest BCUT2D eigenvalue weighted by Crippen LogP contribution is -2.35. The van der Waals surface area contributed by atoms with Crippen LogP contribution in [0.4, 0.5) is 0 Å². The third kappa shape index (κ3) is 3.59. The summed E-state index contributed by atoms with van der Waals surface area (Å²) >= 11 is 0. The Kier molecular flexibility index (Phi) is 4.71. The lowest BCUT2D eigenvalue weighted by atomic mass is 10.1. The van der Waals surface area contributed by atoms with Gasteiger partial charge in [0.15, 0.2) is 0 Å². The molecule has 0 spiro atoms. The second-order valence-corrected chi connectivity index (χ2v) is 5.95. The van der Waals surface area contributed by atoms with Gasteiger partial charge in [0.05, 0.1) is 17.4 Å². The molecule has 1 fully saturated rings. The minimum atomic E-state index is -0.106. The van der Waals surface area contributed by atoms with Crippen molar-refractivity contribution in [3.8, 4) is 0 Å². The number of fused-ring (bicyclic) bond motifs is 1. The molecule has 2 N–H and O–H groups in total. The van der Waals surface area contributed by atoms with Gasteiger partial charge in [-0.3, -0.25) is 14.5 Å². The Morgan fingerprint density at radius 2 is 2.26 bits per heavy atom. The van der Waals surface area contributed by atoms with Gasteiger partial charge in [-0.25, -0.2) is 4.98 Å². The molecule has 0 aliphatic carbocycles. The van der Waals surface area contributed by atoms with Crippen molar-refractivity contribution in [3.63, 3.8) is 0 Å². The van der Waals surface area contributed by atoms with Gasteiger partial charge in [-0.05, 0) is 38.4 Å². The van der Waals surface area contributed by atoms with Gasteiger partial charge in [0.25, 0.3) is 5.56 Å². The number of nitrogens with one attached hydrogen (secondary N) is 2. The van der Waals surface area contributed by atoms with Crippen molar-refractivity contribution in [2.45, 2.75) is 38.8 Å². The molecule has 3 rings (SSSR count). The van der Waals surface area contributed by atoms with Gasteiger partial charge < -0.3 is 10.3 Å². The molecular formula is C17H22N4O2. The number of H-pyrrole nitrogens is 1. The van der Waals surface area contributed by atoms with Crippen LogP contribution < -0.4 is 10.9 Å². The second-order valence-electron chi connectivity index (χ2n) is 5.95. The maximum atomic E-state index is 12.1. The van der Waals surface area contributed by atoms with E-state index in [1.165, 1.54) is 0 Å². The van der Waals surface area contributed by atoms with Gasteiger partial charge in [-0.15, -0.1) is 0 Å². The van der Waals surface area contributed by atoms with Gasteiger partial charge in [0, 0.05) is 19.0 Å². The first-order valence-electron chi connectivity index (χ1n) is 8.16. The monoisotopic (exact) mass is 314 g/mol. The van der Waals surface area contributed by atoms with E-state index in [0.717, 1.165) is 19.4 Å². The number of benzene rings is 1. The maximum absolute atomic E-state index is 12.1. The van der Waals surface area contributed by atoms with Gasteiger partial charge >= 0.3 is 0 Å². The molecule has 1 aliphatic rings. The molecule has 1 aromatic heterocycles. The summed E-state index contributed by atoms with van der Waals surface area (Å²) < 4.78 is 0. The highest BCUT2D eigenvalue weighted by Crippen LogP contribution is 2.21. The molecule has 2 aromatic rings. The first-order chi connectivity index (χ1) is 11.2. The van der Waals surface area contributed by atoms with Crippen molar-refractivity contribution >= 4 is 16.8 Å². The summed E-state index contributed by atoms with van der Waals surface area (Å²) in [6.45, 7) is 4.09. The van der Waals surface area contributed by atoms with E-state index in [1.54, 1.807) is 6.07 Å². The molecule has 6 nitrogen and oxygen atoms in total. The average molecular weight is 314 g/mol. The van der Waals surface area contributed by atoms with E-state index < -0.39 is 0 Å². The Hall–Kier alpha value is -2.21. The smallest absolute Gasteiger partial charge is 0.258 e. The Bertz CT molecular complexity index is 756. The zero-order valence-corrected chi connectivity index (χ0v) is 13.3. The van der Waals surface area contributed by atoms with E-state index in [-0.39, 0.29) is 17.5 Å². The van der Waals surface area contributed by atoms with Gasteiger partial charge in [0.2, 0.25) is 5.91 Å². The van der Waals surface area contributed by atoms with Crippen LogP contribution in [0.2, 0.25) is 0 Å². The van der Waals surface area contributed by atoms with Crippen LogP contribution in [0.1, 0.15) is 32.0 Å². The SMILES string of the molecule is CCNC(=O)C[C@H]1CCCN1Cc1nc2ccccc2c(=O)[nH]1. The van der Waals surface area contributed by atoms with Crippen LogP contribution in [0.15, 0.2) is 29.1 Å². The second kappa shape index (κ2) is 6.91. The third-order valence-corrected chi connectivity index (χ3v) is 4.31. The highest BCUT2D eigenvalue weighted by Gasteiger charge is 2.27.